The summed E-state index contributed by atoms with van der Waals surface area (Å²) >= 11 is 9.09. The molecule has 0 amide bonds. The number of halogens is 3. The predicted octanol–water partition coefficient (Wildman–Crippen LogP) is 3.45. The summed E-state index contributed by atoms with van der Waals surface area (Å²) in [4.78, 5) is 0. The molecule has 1 fully saturated rings. The van der Waals surface area contributed by atoms with E-state index in [9.17, 15) is 9.50 Å². The first-order valence-corrected chi connectivity index (χ1v) is 7.04. The van der Waals surface area contributed by atoms with Gasteiger partial charge in [-0.1, -0.05) is 31.5 Å². The van der Waals surface area contributed by atoms with Crippen molar-refractivity contribution < 1.29 is 9.50 Å². The van der Waals surface area contributed by atoms with E-state index < -0.39 is 16.8 Å². The van der Waals surface area contributed by atoms with Gasteiger partial charge in [-0.05, 0) is 35.0 Å². The molecule has 1 aliphatic heterocycles. The molecule has 0 aromatic heterocycles. The third-order valence-corrected chi connectivity index (χ3v) is 5.09. The summed E-state index contributed by atoms with van der Waals surface area (Å²) in [5.74, 6) is -0.538. The minimum Gasteiger partial charge on any atom is -0.384 e. The molecule has 18 heavy (non-hydrogen) atoms. The highest BCUT2D eigenvalue weighted by Gasteiger charge is 2.48. The number of rotatable bonds is 1. The summed E-state index contributed by atoms with van der Waals surface area (Å²) in [6.07, 6.45) is 0.467. The van der Waals surface area contributed by atoms with E-state index in [1.807, 2.05) is 13.8 Å². The van der Waals surface area contributed by atoms with Gasteiger partial charge in [-0.3, -0.25) is 0 Å². The van der Waals surface area contributed by atoms with Crippen LogP contribution in [0.15, 0.2) is 16.6 Å². The lowest BCUT2D eigenvalue weighted by Gasteiger charge is -2.47. The van der Waals surface area contributed by atoms with Gasteiger partial charge >= 0.3 is 0 Å². The molecule has 0 saturated carbocycles. The molecule has 0 bridgehead atoms. The van der Waals surface area contributed by atoms with Crippen LogP contribution in [0.2, 0.25) is 5.02 Å². The highest BCUT2D eigenvalue weighted by Crippen LogP contribution is 2.46. The fourth-order valence-corrected chi connectivity index (χ4v) is 2.97. The normalized spacial score (nSPS) is 27.2. The highest BCUT2D eigenvalue weighted by molar-refractivity contribution is 9.10. The number of piperidine rings is 1. The molecule has 100 valence electrons. The van der Waals surface area contributed by atoms with Gasteiger partial charge in [0.1, 0.15) is 5.82 Å². The molecule has 1 heterocycles. The molecule has 1 saturated heterocycles. The summed E-state index contributed by atoms with van der Waals surface area (Å²) in [6.45, 7) is 5.15. The molecule has 2 rings (SSSR count). The standard InChI is InChI=1S/C13H16BrClFNO/c1-12(2)7-17-6-5-13(12,18)8-3-4-9(14)10(15)11(8)16/h3-4,17-18H,5-7H2,1-2H3. The van der Waals surface area contributed by atoms with E-state index in [0.717, 1.165) is 0 Å². The lowest BCUT2D eigenvalue weighted by molar-refractivity contribution is -0.0967. The molecule has 1 aromatic carbocycles. The zero-order chi connectivity index (χ0) is 13.6. The number of hydrogen-bond acceptors (Lipinski definition) is 2. The maximum Gasteiger partial charge on any atom is 0.149 e. The van der Waals surface area contributed by atoms with Gasteiger partial charge in [0.15, 0.2) is 0 Å². The largest absolute Gasteiger partial charge is 0.384 e. The van der Waals surface area contributed by atoms with E-state index in [4.69, 9.17) is 11.6 Å². The van der Waals surface area contributed by atoms with Crippen molar-refractivity contribution >= 4 is 27.5 Å². The SMILES string of the molecule is CC1(C)CNCCC1(O)c1ccc(Br)c(Cl)c1F. The van der Waals surface area contributed by atoms with E-state index in [2.05, 4.69) is 21.2 Å². The van der Waals surface area contributed by atoms with Crippen LogP contribution in [0.25, 0.3) is 0 Å². The second-order valence-corrected chi connectivity index (χ2v) is 6.63. The number of nitrogens with one attached hydrogen (secondary N) is 1. The molecule has 1 aliphatic rings. The van der Waals surface area contributed by atoms with Gasteiger partial charge in [0.05, 0.1) is 10.6 Å². The Balaban J connectivity index is 2.56. The van der Waals surface area contributed by atoms with E-state index in [1.54, 1.807) is 12.1 Å². The summed E-state index contributed by atoms with van der Waals surface area (Å²) in [5.41, 5.74) is -1.38. The van der Waals surface area contributed by atoms with Gasteiger partial charge in [-0.15, -0.1) is 0 Å². The zero-order valence-electron chi connectivity index (χ0n) is 10.4. The van der Waals surface area contributed by atoms with Crippen molar-refractivity contribution in [3.63, 3.8) is 0 Å². The molecule has 1 aromatic rings. The quantitative estimate of drug-likeness (QED) is 0.770. The highest BCUT2D eigenvalue weighted by atomic mass is 79.9. The molecule has 2 N–H and O–H groups in total. The Bertz CT molecular complexity index is 480. The van der Waals surface area contributed by atoms with Crippen molar-refractivity contribution in [3.8, 4) is 0 Å². The second kappa shape index (κ2) is 4.75. The molecule has 2 nitrogen and oxygen atoms in total. The van der Waals surface area contributed by atoms with Crippen LogP contribution < -0.4 is 5.32 Å². The minimum atomic E-state index is -1.20. The maximum absolute atomic E-state index is 14.3. The summed E-state index contributed by atoms with van der Waals surface area (Å²) in [7, 11) is 0. The van der Waals surface area contributed by atoms with E-state index in [0.29, 0.717) is 24.0 Å². The van der Waals surface area contributed by atoms with Crippen molar-refractivity contribution in [1.29, 1.82) is 0 Å². The topological polar surface area (TPSA) is 32.3 Å². The van der Waals surface area contributed by atoms with E-state index in [-0.39, 0.29) is 10.6 Å². The number of benzene rings is 1. The molecule has 1 unspecified atom stereocenters. The first-order valence-electron chi connectivity index (χ1n) is 5.87. The fraction of sp³-hybridized carbons (Fsp3) is 0.538. The minimum absolute atomic E-state index is 0.0234. The van der Waals surface area contributed by atoms with Crippen molar-refractivity contribution in [2.75, 3.05) is 13.1 Å². The summed E-state index contributed by atoms with van der Waals surface area (Å²) in [6, 6.07) is 3.29. The molecular weight excluding hydrogens is 321 g/mol. The van der Waals surface area contributed by atoms with Crippen molar-refractivity contribution in [2.45, 2.75) is 25.9 Å². The van der Waals surface area contributed by atoms with Gasteiger partial charge < -0.3 is 10.4 Å². The molecule has 0 aliphatic carbocycles. The first-order chi connectivity index (χ1) is 8.29. The van der Waals surface area contributed by atoms with Gasteiger partial charge in [-0.2, -0.15) is 0 Å². The Morgan fingerprint density at radius 2 is 2.11 bits per heavy atom. The van der Waals surface area contributed by atoms with Crippen LogP contribution >= 0.6 is 27.5 Å². The molecule has 0 spiro atoms. The summed E-state index contributed by atoms with van der Waals surface area (Å²) in [5, 5.41) is 14.2. The lowest BCUT2D eigenvalue weighted by atomic mass is 9.67. The Labute approximate surface area is 120 Å². The monoisotopic (exact) mass is 335 g/mol. The first kappa shape index (κ1) is 14.3. The predicted molar refractivity (Wildman–Crippen MR) is 74.3 cm³/mol. The Hall–Kier alpha value is -0.160. The Morgan fingerprint density at radius 3 is 2.72 bits per heavy atom. The Morgan fingerprint density at radius 1 is 1.44 bits per heavy atom. The van der Waals surface area contributed by atoms with Crippen LogP contribution in [-0.4, -0.2) is 18.2 Å². The van der Waals surface area contributed by atoms with Crippen molar-refractivity contribution in [2.24, 2.45) is 5.41 Å². The molecular formula is C13H16BrClFNO. The average Bonchev–Trinajstić information content (AvgIpc) is 2.30. The third-order valence-electron chi connectivity index (χ3n) is 3.83. The van der Waals surface area contributed by atoms with Crippen LogP contribution in [0.1, 0.15) is 25.8 Å². The van der Waals surface area contributed by atoms with E-state index >= 15 is 0 Å². The fourth-order valence-electron chi connectivity index (χ4n) is 2.50. The van der Waals surface area contributed by atoms with Crippen LogP contribution in [0.5, 0.6) is 0 Å². The van der Waals surface area contributed by atoms with Crippen LogP contribution in [0.3, 0.4) is 0 Å². The zero-order valence-corrected chi connectivity index (χ0v) is 12.7. The second-order valence-electron chi connectivity index (χ2n) is 5.39. The molecule has 1 atom stereocenters. The number of aliphatic hydroxyl groups is 1. The van der Waals surface area contributed by atoms with Crippen LogP contribution in [0, 0.1) is 11.2 Å². The molecule has 0 radical (unpaired) electrons. The van der Waals surface area contributed by atoms with Crippen molar-refractivity contribution in [3.05, 3.63) is 33.0 Å². The Kier molecular flexibility index (Phi) is 3.76. The smallest absolute Gasteiger partial charge is 0.149 e. The van der Waals surface area contributed by atoms with Gasteiger partial charge in [-0.25, -0.2) is 4.39 Å². The van der Waals surface area contributed by atoms with Gasteiger partial charge in [0.25, 0.3) is 0 Å². The van der Waals surface area contributed by atoms with Crippen molar-refractivity contribution in [1.82, 2.24) is 5.32 Å². The van der Waals surface area contributed by atoms with Crippen LogP contribution in [0.4, 0.5) is 4.39 Å². The molecule has 5 heteroatoms. The maximum atomic E-state index is 14.3. The summed E-state index contributed by atoms with van der Waals surface area (Å²) < 4.78 is 14.8. The third kappa shape index (κ3) is 2.09. The van der Waals surface area contributed by atoms with Crippen LogP contribution in [-0.2, 0) is 5.60 Å². The van der Waals surface area contributed by atoms with Gasteiger partial charge in [0, 0.05) is 22.0 Å². The lowest BCUT2D eigenvalue weighted by Crippen LogP contribution is -2.54. The number of hydrogen-bond donors (Lipinski definition) is 2. The van der Waals surface area contributed by atoms with E-state index in [1.165, 1.54) is 0 Å². The van der Waals surface area contributed by atoms with Gasteiger partial charge in [0.2, 0.25) is 0 Å². The average molecular weight is 337 g/mol.